The number of anilines is 1. The molecule has 1 unspecified atom stereocenters. The van der Waals surface area contributed by atoms with Gasteiger partial charge in [-0.2, -0.15) is 0 Å². The fourth-order valence-electron chi connectivity index (χ4n) is 1.09. The predicted octanol–water partition coefficient (Wildman–Crippen LogP) is 1.11. The second kappa shape index (κ2) is 5.82. The van der Waals surface area contributed by atoms with Crippen molar-refractivity contribution in [3.05, 3.63) is 29.8 Å². The molecule has 0 fully saturated rings. The molecule has 15 heavy (non-hydrogen) atoms. The first-order valence-electron chi connectivity index (χ1n) is 4.53. The Morgan fingerprint density at radius 2 is 2.07 bits per heavy atom. The Bertz CT molecular complexity index is 362. The van der Waals surface area contributed by atoms with Gasteiger partial charge in [0.1, 0.15) is 4.99 Å². The van der Waals surface area contributed by atoms with Crippen LogP contribution in [0, 0.1) is 0 Å². The Kier molecular flexibility index (Phi) is 4.71. The lowest BCUT2D eigenvalue weighted by Crippen LogP contribution is -2.11. The highest BCUT2D eigenvalue weighted by Crippen LogP contribution is 2.08. The molecule has 82 valence electrons. The summed E-state index contributed by atoms with van der Waals surface area (Å²) in [4.78, 5) is 0.399. The molecule has 1 aromatic carbocycles. The second-order valence-electron chi connectivity index (χ2n) is 3.15. The second-order valence-corrected chi connectivity index (χ2v) is 5.14. The fourth-order valence-corrected chi connectivity index (χ4v) is 1.62. The first-order chi connectivity index (χ1) is 7.09. The standard InChI is InChI=1S/C10H14N2OS2/c1-15(13)7-6-12-9-4-2-8(3-5-9)10(11)14/h2-5,12H,6-7H2,1H3,(H2,11,14). The number of nitrogens with two attached hydrogens (primary N) is 1. The molecule has 0 radical (unpaired) electrons. The third-order valence-corrected chi connectivity index (χ3v) is 2.90. The molecule has 0 aliphatic rings. The molecule has 0 saturated heterocycles. The number of rotatable bonds is 5. The van der Waals surface area contributed by atoms with Gasteiger partial charge in [-0.05, 0) is 24.3 Å². The molecule has 0 aliphatic heterocycles. The van der Waals surface area contributed by atoms with Crippen molar-refractivity contribution < 1.29 is 4.21 Å². The number of hydrogen-bond acceptors (Lipinski definition) is 3. The molecule has 1 rings (SSSR count). The molecule has 0 aliphatic carbocycles. The third-order valence-electron chi connectivity index (χ3n) is 1.89. The average molecular weight is 242 g/mol. The minimum atomic E-state index is -0.754. The molecule has 0 saturated carbocycles. The lowest BCUT2D eigenvalue weighted by Gasteiger charge is -2.05. The van der Waals surface area contributed by atoms with E-state index in [0.29, 0.717) is 17.3 Å². The van der Waals surface area contributed by atoms with Crippen LogP contribution < -0.4 is 11.1 Å². The van der Waals surface area contributed by atoms with Crippen molar-refractivity contribution in [3.63, 3.8) is 0 Å². The van der Waals surface area contributed by atoms with Crippen molar-refractivity contribution in [1.29, 1.82) is 0 Å². The Hall–Kier alpha value is -0.940. The van der Waals surface area contributed by atoms with Crippen molar-refractivity contribution in [2.45, 2.75) is 0 Å². The van der Waals surface area contributed by atoms with E-state index < -0.39 is 10.8 Å². The Balaban J connectivity index is 2.50. The van der Waals surface area contributed by atoms with E-state index in [1.807, 2.05) is 24.3 Å². The monoisotopic (exact) mass is 242 g/mol. The van der Waals surface area contributed by atoms with Crippen LogP contribution >= 0.6 is 12.2 Å². The summed E-state index contributed by atoms with van der Waals surface area (Å²) in [5.41, 5.74) is 7.32. The van der Waals surface area contributed by atoms with Gasteiger partial charge in [0.15, 0.2) is 0 Å². The number of nitrogens with one attached hydrogen (secondary N) is 1. The van der Waals surface area contributed by atoms with Crippen molar-refractivity contribution in [1.82, 2.24) is 0 Å². The van der Waals surface area contributed by atoms with Gasteiger partial charge in [0.05, 0.1) is 0 Å². The summed E-state index contributed by atoms with van der Waals surface area (Å²) in [6.45, 7) is 0.704. The molecule has 0 spiro atoms. The largest absolute Gasteiger partial charge is 0.389 e. The molecule has 0 amide bonds. The van der Waals surface area contributed by atoms with Crippen LogP contribution in [0.15, 0.2) is 24.3 Å². The van der Waals surface area contributed by atoms with Crippen molar-refractivity contribution in [3.8, 4) is 0 Å². The van der Waals surface area contributed by atoms with Crippen LogP contribution in [0.25, 0.3) is 0 Å². The normalized spacial score (nSPS) is 12.1. The minimum absolute atomic E-state index is 0.399. The lowest BCUT2D eigenvalue weighted by atomic mass is 10.2. The molecule has 3 N–H and O–H groups in total. The summed E-state index contributed by atoms with van der Waals surface area (Å²) >= 11 is 4.84. The van der Waals surface area contributed by atoms with Crippen LogP contribution in [-0.4, -0.2) is 27.8 Å². The average Bonchev–Trinajstić information content (AvgIpc) is 2.18. The van der Waals surface area contributed by atoms with E-state index >= 15 is 0 Å². The van der Waals surface area contributed by atoms with Gasteiger partial charge in [-0.3, -0.25) is 4.21 Å². The summed E-state index contributed by atoms with van der Waals surface area (Å²) in [5.74, 6) is 0.650. The van der Waals surface area contributed by atoms with Crippen LogP contribution in [0.4, 0.5) is 5.69 Å². The van der Waals surface area contributed by atoms with Crippen LogP contribution in [0.5, 0.6) is 0 Å². The maximum atomic E-state index is 10.8. The molecule has 1 aromatic rings. The molecule has 1 atom stereocenters. The number of hydrogen-bond donors (Lipinski definition) is 2. The molecular weight excluding hydrogens is 228 g/mol. The van der Waals surface area contributed by atoms with Crippen LogP contribution in [0.1, 0.15) is 5.56 Å². The van der Waals surface area contributed by atoms with E-state index in [4.69, 9.17) is 18.0 Å². The molecule has 0 heterocycles. The fraction of sp³-hybridized carbons (Fsp3) is 0.300. The van der Waals surface area contributed by atoms with E-state index in [1.54, 1.807) is 6.26 Å². The quantitative estimate of drug-likeness (QED) is 0.760. The zero-order chi connectivity index (χ0) is 11.3. The van der Waals surface area contributed by atoms with Gasteiger partial charge in [0, 0.05) is 40.6 Å². The van der Waals surface area contributed by atoms with E-state index in [2.05, 4.69) is 5.32 Å². The summed E-state index contributed by atoms with van der Waals surface area (Å²) in [6.07, 6.45) is 1.69. The molecule has 0 bridgehead atoms. The van der Waals surface area contributed by atoms with Gasteiger partial charge in [-0.25, -0.2) is 0 Å². The van der Waals surface area contributed by atoms with Crippen LogP contribution in [0.2, 0.25) is 0 Å². The zero-order valence-electron chi connectivity index (χ0n) is 8.53. The molecular formula is C10H14N2OS2. The van der Waals surface area contributed by atoms with Crippen molar-refractivity contribution in [2.24, 2.45) is 5.73 Å². The van der Waals surface area contributed by atoms with Gasteiger partial charge >= 0.3 is 0 Å². The van der Waals surface area contributed by atoms with E-state index in [-0.39, 0.29) is 0 Å². The maximum Gasteiger partial charge on any atom is 0.103 e. The molecule has 0 aromatic heterocycles. The first kappa shape index (κ1) is 12.1. The van der Waals surface area contributed by atoms with E-state index in [1.165, 1.54) is 0 Å². The van der Waals surface area contributed by atoms with E-state index in [0.717, 1.165) is 11.3 Å². The SMILES string of the molecule is CS(=O)CCNc1ccc(C(N)=S)cc1. The Morgan fingerprint density at radius 1 is 1.47 bits per heavy atom. The van der Waals surface area contributed by atoms with E-state index in [9.17, 15) is 4.21 Å². The number of thiocarbonyl (C=S) groups is 1. The predicted molar refractivity (Wildman–Crippen MR) is 69.8 cm³/mol. The maximum absolute atomic E-state index is 10.8. The summed E-state index contributed by atoms with van der Waals surface area (Å²) in [7, 11) is -0.754. The highest BCUT2D eigenvalue weighted by Gasteiger charge is 1.96. The Morgan fingerprint density at radius 3 is 2.53 bits per heavy atom. The number of benzene rings is 1. The van der Waals surface area contributed by atoms with Gasteiger partial charge < -0.3 is 11.1 Å². The summed E-state index contributed by atoms with van der Waals surface area (Å²) in [6, 6.07) is 7.56. The Labute approximate surface area is 97.5 Å². The van der Waals surface area contributed by atoms with Crippen molar-refractivity contribution >= 4 is 33.7 Å². The van der Waals surface area contributed by atoms with Gasteiger partial charge in [-0.1, -0.05) is 12.2 Å². The molecule has 5 heteroatoms. The highest BCUT2D eigenvalue weighted by atomic mass is 32.2. The van der Waals surface area contributed by atoms with Gasteiger partial charge in [-0.15, -0.1) is 0 Å². The van der Waals surface area contributed by atoms with Crippen molar-refractivity contribution in [2.75, 3.05) is 23.9 Å². The highest BCUT2D eigenvalue weighted by molar-refractivity contribution is 7.84. The third kappa shape index (κ3) is 4.40. The molecule has 3 nitrogen and oxygen atoms in total. The minimum Gasteiger partial charge on any atom is -0.389 e. The summed E-state index contributed by atoms with van der Waals surface area (Å²) < 4.78 is 10.8. The first-order valence-corrected chi connectivity index (χ1v) is 6.67. The van der Waals surface area contributed by atoms with Crippen LogP contribution in [-0.2, 0) is 10.8 Å². The van der Waals surface area contributed by atoms with Crippen LogP contribution in [0.3, 0.4) is 0 Å². The smallest absolute Gasteiger partial charge is 0.103 e. The van der Waals surface area contributed by atoms with Gasteiger partial charge in [0.25, 0.3) is 0 Å². The van der Waals surface area contributed by atoms with Gasteiger partial charge in [0.2, 0.25) is 0 Å². The zero-order valence-corrected chi connectivity index (χ0v) is 10.2. The lowest BCUT2D eigenvalue weighted by molar-refractivity contribution is 0.687. The topological polar surface area (TPSA) is 55.1 Å². The summed E-state index contributed by atoms with van der Waals surface area (Å²) in [5, 5.41) is 3.16.